The molecular formula is C24H29N5O3S3. The molecule has 11 heteroatoms. The van der Waals surface area contributed by atoms with Gasteiger partial charge in [-0.2, -0.15) is 0 Å². The summed E-state index contributed by atoms with van der Waals surface area (Å²) in [5.41, 5.74) is 2.18. The lowest BCUT2D eigenvalue weighted by atomic mass is 10.1. The summed E-state index contributed by atoms with van der Waals surface area (Å²) in [5.74, 6) is 0.179. The number of para-hydroxylation sites is 1. The van der Waals surface area contributed by atoms with Gasteiger partial charge in [-0.3, -0.25) is 14.1 Å². The molecule has 1 saturated heterocycles. The molecule has 1 aromatic carbocycles. The number of rotatable bonds is 6. The van der Waals surface area contributed by atoms with Crippen LogP contribution in [-0.2, 0) is 14.8 Å². The second-order valence-electron chi connectivity index (χ2n) is 9.19. The number of nitrogens with one attached hydrogen (secondary N) is 2. The summed E-state index contributed by atoms with van der Waals surface area (Å²) in [6.45, 7) is 6.28. The number of piperazine rings is 1. The van der Waals surface area contributed by atoms with E-state index in [4.69, 9.17) is 4.99 Å². The molecule has 2 aliphatic rings. The van der Waals surface area contributed by atoms with Crippen LogP contribution in [0.1, 0.15) is 26.0 Å². The number of thiophene rings is 1. The highest BCUT2D eigenvalue weighted by Crippen LogP contribution is 2.34. The largest absolute Gasteiger partial charge is 0.351 e. The van der Waals surface area contributed by atoms with Gasteiger partial charge in [0.2, 0.25) is 5.91 Å². The Balaban J connectivity index is 1.31. The van der Waals surface area contributed by atoms with Gasteiger partial charge in [-0.25, -0.2) is 8.42 Å². The van der Waals surface area contributed by atoms with E-state index in [0.29, 0.717) is 34.9 Å². The molecule has 4 heterocycles. The van der Waals surface area contributed by atoms with Crippen molar-refractivity contribution in [3.63, 3.8) is 0 Å². The Bertz CT molecular complexity index is 1360. The van der Waals surface area contributed by atoms with E-state index in [1.54, 1.807) is 42.4 Å². The Hall–Kier alpha value is -2.34. The van der Waals surface area contributed by atoms with Crippen molar-refractivity contribution in [2.24, 2.45) is 4.99 Å². The minimum absolute atomic E-state index is 0.103. The molecular weight excluding hydrogens is 502 g/mol. The molecule has 2 aliphatic heterocycles. The number of carbonyl (C=O) groups excluding carboxylic acids is 1. The molecule has 0 aliphatic carbocycles. The van der Waals surface area contributed by atoms with E-state index < -0.39 is 10.0 Å². The lowest BCUT2D eigenvalue weighted by Gasteiger charge is -2.36. The molecule has 1 amide bonds. The molecule has 1 fully saturated rings. The van der Waals surface area contributed by atoms with Gasteiger partial charge >= 0.3 is 0 Å². The van der Waals surface area contributed by atoms with Crippen molar-refractivity contribution in [2.75, 3.05) is 31.0 Å². The van der Waals surface area contributed by atoms with Crippen LogP contribution in [0.5, 0.6) is 0 Å². The first kappa shape index (κ1) is 24.4. The number of aromatic nitrogens is 1. The molecule has 0 saturated carbocycles. The Morgan fingerprint density at radius 3 is 2.69 bits per heavy atom. The van der Waals surface area contributed by atoms with Crippen molar-refractivity contribution >= 4 is 60.7 Å². The molecule has 2 N–H and O–H groups in total. The van der Waals surface area contributed by atoms with Crippen LogP contribution < -0.4 is 9.62 Å². The first-order valence-electron chi connectivity index (χ1n) is 11.6. The minimum atomic E-state index is -3.64. The number of hydrogen-bond donors (Lipinski definition) is 2. The highest BCUT2D eigenvalue weighted by Gasteiger charge is 2.30. The molecule has 35 heavy (non-hydrogen) atoms. The number of thioether (sulfide) groups is 1. The highest BCUT2D eigenvalue weighted by molar-refractivity contribution is 8.15. The fourth-order valence-corrected chi connectivity index (χ4v) is 8.16. The zero-order valence-electron chi connectivity index (χ0n) is 19.9. The third-order valence-electron chi connectivity index (χ3n) is 6.34. The third kappa shape index (κ3) is 4.87. The van der Waals surface area contributed by atoms with Gasteiger partial charge in [0.15, 0.2) is 0 Å². The predicted molar refractivity (Wildman–Crippen MR) is 144 cm³/mol. The Labute approximate surface area is 213 Å². The maximum Gasteiger partial charge on any atom is 0.273 e. The zero-order valence-corrected chi connectivity index (χ0v) is 22.3. The van der Waals surface area contributed by atoms with Gasteiger partial charge in [0.05, 0.1) is 23.4 Å². The molecule has 0 radical (unpaired) electrons. The van der Waals surface area contributed by atoms with E-state index >= 15 is 0 Å². The van der Waals surface area contributed by atoms with Crippen LogP contribution >= 0.6 is 23.1 Å². The van der Waals surface area contributed by atoms with E-state index in [1.165, 1.54) is 15.6 Å². The van der Waals surface area contributed by atoms with Crippen LogP contribution in [0.2, 0.25) is 0 Å². The van der Waals surface area contributed by atoms with E-state index in [0.717, 1.165) is 34.7 Å². The topological polar surface area (TPSA) is 97.9 Å². The van der Waals surface area contributed by atoms with Crippen LogP contribution in [0, 0.1) is 0 Å². The first-order valence-corrected chi connectivity index (χ1v) is 14.8. The van der Waals surface area contributed by atoms with Crippen molar-refractivity contribution in [2.45, 2.75) is 41.8 Å². The normalized spacial score (nSPS) is 23.0. The van der Waals surface area contributed by atoms with Crippen LogP contribution in [0.3, 0.4) is 0 Å². The van der Waals surface area contributed by atoms with E-state index in [1.807, 2.05) is 23.1 Å². The molecule has 0 bridgehead atoms. The fraction of sp³-hybridized carbons (Fsp3) is 0.417. The van der Waals surface area contributed by atoms with Crippen LogP contribution in [0.25, 0.3) is 10.9 Å². The molecule has 3 atom stereocenters. The smallest absolute Gasteiger partial charge is 0.273 e. The van der Waals surface area contributed by atoms with Crippen molar-refractivity contribution in [1.82, 2.24) is 15.2 Å². The number of nitrogens with zero attached hydrogens (tertiary/aromatic N) is 3. The number of hydrogen-bond acceptors (Lipinski definition) is 7. The summed E-state index contributed by atoms with van der Waals surface area (Å²) in [5, 5.41) is 7.09. The summed E-state index contributed by atoms with van der Waals surface area (Å²) < 4.78 is 27.8. The van der Waals surface area contributed by atoms with Gasteiger partial charge in [-0.1, -0.05) is 30.0 Å². The number of amides is 1. The van der Waals surface area contributed by atoms with E-state index in [-0.39, 0.29) is 11.2 Å². The first-order chi connectivity index (χ1) is 16.7. The van der Waals surface area contributed by atoms with E-state index in [2.05, 4.69) is 24.1 Å². The Morgan fingerprint density at radius 1 is 1.20 bits per heavy atom. The third-order valence-corrected chi connectivity index (χ3v) is 10.7. The molecule has 2 unspecified atom stereocenters. The molecule has 3 aromatic rings. The van der Waals surface area contributed by atoms with Gasteiger partial charge in [0, 0.05) is 49.3 Å². The number of sulfonamides is 1. The number of benzene rings is 1. The van der Waals surface area contributed by atoms with Gasteiger partial charge in [-0.15, -0.1) is 11.3 Å². The number of aliphatic imine (C=N–C) groups is 1. The van der Waals surface area contributed by atoms with Crippen molar-refractivity contribution in [3.8, 4) is 0 Å². The maximum atomic E-state index is 13.1. The zero-order chi connectivity index (χ0) is 24.7. The second kappa shape index (κ2) is 9.61. The standard InChI is InChI=1S/C24H29N5O3S3/c1-15-13-29(14-16(2)26-15)21(30)11-18-12-25-24(34-18)19-10-17-6-4-7-20(23(17)27-19)28(3)35(31,32)22-8-5-9-33-22/h4-10,15-16,18,26-27H,11-14H2,1-3H3/t15-,16?,18?/m1/s1. The Kier molecular flexibility index (Phi) is 6.69. The number of anilines is 1. The van der Waals surface area contributed by atoms with Crippen LogP contribution in [0.4, 0.5) is 5.69 Å². The number of carbonyl (C=O) groups is 1. The molecule has 2 aromatic heterocycles. The van der Waals surface area contributed by atoms with Crippen LogP contribution in [0.15, 0.2) is 51.0 Å². The summed E-state index contributed by atoms with van der Waals surface area (Å²) in [6, 6.07) is 11.6. The number of fused-ring (bicyclic) bond motifs is 1. The summed E-state index contributed by atoms with van der Waals surface area (Å²) in [7, 11) is -2.07. The number of H-pyrrole nitrogens is 1. The monoisotopic (exact) mass is 531 g/mol. The van der Waals surface area contributed by atoms with Gasteiger partial charge in [-0.05, 0) is 37.4 Å². The Morgan fingerprint density at radius 2 is 1.97 bits per heavy atom. The second-order valence-corrected chi connectivity index (χ2v) is 13.6. The van der Waals surface area contributed by atoms with Crippen LogP contribution in [-0.4, -0.2) is 73.3 Å². The van der Waals surface area contributed by atoms with Crippen molar-refractivity contribution < 1.29 is 13.2 Å². The SMILES string of the molecule is CC1CN(C(=O)CC2CN=C(c3cc4cccc(N(C)S(=O)(=O)c5cccs5)c4[nH]3)S2)C[C@@H](C)N1. The average Bonchev–Trinajstić information content (AvgIpc) is 3.58. The van der Waals surface area contributed by atoms with Gasteiger partial charge in [0.25, 0.3) is 10.0 Å². The summed E-state index contributed by atoms with van der Waals surface area (Å²) in [6.07, 6.45) is 0.463. The summed E-state index contributed by atoms with van der Waals surface area (Å²) >= 11 is 2.82. The average molecular weight is 532 g/mol. The van der Waals surface area contributed by atoms with Crippen molar-refractivity contribution in [1.29, 1.82) is 0 Å². The lowest BCUT2D eigenvalue weighted by molar-refractivity contribution is -0.132. The molecule has 0 spiro atoms. The highest BCUT2D eigenvalue weighted by atomic mass is 32.2. The molecule has 186 valence electrons. The van der Waals surface area contributed by atoms with Gasteiger partial charge in [0.1, 0.15) is 9.25 Å². The summed E-state index contributed by atoms with van der Waals surface area (Å²) in [4.78, 5) is 23.0. The quantitative estimate of drug-likeness (QED) is 0.507. The van der Waals surface area contributed by atoms with E-state index in [9.17, 15) is 13.2 Å². The fourth-order valence-electron chi connectivity index (χ4n) is 4.72. The molecule has 5 rings (SSSR count). The maximum absolute atomic E-state index is 13.1. The van der Waals surface area contributed by atoms with Crippen molar-refractivity contribution in [3.05, 3.63) is 47.5 Å². The number of aromatic amines is 1. The minimum Gasteiger partial charge on any atom is -0.351 e. The molecule has 8 nitrogen and oxygen atoms in total. The predicted octanol–water partition coefficient (Wildman–Crippen LogP) is 3.52. The van der Waals surface area contributed by atoms with Gasteiger partial charge < -0.3 is 15.2 Å². The lowest BCUT2D eigenvalue weighted by Crippen LogP contribution is -2.56.